The summed E-state index contributed by atoms with van der Waals surface area (Å²) < 4.78 is 31.8. The van der Waals surface area contributed by atoms with Gasteiger partial charge in [0.15, 0.2) is 6.61 Å². The number of amides is 1. The molecule has 0 atom stereocenters. The Labute approximate surface area is 199 Å². The summed E-state index contributed by atoms with van der Waals surface area (Å²) in [6.45, 7) is -1.65. The van der Waals surface area contributed by atoms with Crippen molar-refractivity contribution in [3.63, 3.8) is 0 Å². The van der Waals surface area contributed by atoms with Crippen LogP contribution >= 0.6 is 50.7 Å². The van der Waals surface area contributed by atoms with Gasteiger partial charge < -0.3 is 10.1 Å². The second-order valence-corrected chi connectivity index (χ2v) is 9.52. The molecule has 0 saturated carbocycles. The third-order valence-corrected chi connectivity index (χ3v) is 6.45. The molecule has 0 heterocycles. The largest absolute Gasteiger partial charge is 0.455 e. The zero-order chi connectivity index (χ0) is 23.3. The van der Waals surface area contributed by atoms with Gasteiger partial charge in [0.25, 0.3) is 11.6 Å². The van der Waals surface area contributed by atoms with Gasteiger partial charge in [0, 0.05) is 15.6 Å². The number of benzene rings is 2. The van der Waals surface area contributed by atoms with E-state index in [2.05, 4.69) is 26.0 Å². The average Bonchev–Trinajstić information content (AvgIpc) is 2.63. The summed E-state index contributed by atoms with van der Waals surface area (Å²) in [7, 11) is -4.27. The van der Waals surface area contributed by atoms with Crippen molar-refractivity contribution in [2.45, 2.75) is 4.90 Å². The number of nitro groups is 1. The van der Waals surface area contributed by atoms with Crippen molar-refractivity contribution < 1.29 is 27.7 Å². The van der Waals surface area contributed by atoms with Crippen molar-refractivity contribution in [3.8, 4) is 0 Å². The monoisotopic (exact) mass is 573 g/mol. The van der Waals surface area contributed by atoms with Crippen molar-refractivity contribution in [1.82, 2.24) is 4.72 Å². The van der Waals surface area contributed by atoms with Crippen LogP contribution < -0.4 is 10.0 Å². The van der Waals surface area contributed by atoms with E-state index < -0.39 is 50.6 Å². The first kappa shape index (κ1) is 25.3. The normalized spacial score (nSPS) is 11.1. The van der Waals surface area contributed by atoms with Crippen molar-refractivity contribution >= 4 is 84.0 Å². The number of carbonyl (C=O) groups is 2. The lowest BCUT2D eigenvalue weighted by Crippen LogP contribution is -2.32. The molecule has 0 aliphatic carbocycles. The molecule has 0 unspecified atom stereocenters. The highest BCUT2D eigenvalue weighted by Crippen LogP contribution is 2.32. The molecular formula is C16H11BrCl3N3O7S. The Morgan fingerprint density at radius 3 is 2.32 bits per heavy atom. The van der Waals surface area contributed by atoms with Crippen molar-refractivity contribution in [2.75, 3.05) is 18.5 Å². The van der Waals surface area contributed by atoms with Gasteiger partial charge in [-0.2, -0.15) is 4.72 Å². The number of hydrogen-bond donors (Lipinski definition) is 2. The van der Waals surface area contributed by atoms with E-state index in [0.717, 1.165) is 12.1 Å². The van der Waals surface area contributed by atoms with Crippen LogP contribution in [-0.4, -0.2) is 38.4 Å². The molecule has 0 fully saturated rings. The maximum Gasteiger partial charge on any atom is 0.321 e. The molecule has 2 rings (SSSR count). The van der Waals surface area contributed by atoms with Crippen molar-refractivity contribution in [1.29, 1.82) is 0 Å². The predicted octanol–water partition coefficient (Wildman–Crippen LogP) is 3.78. The summed E-state index contributed by atoms with van der Waals surface area (Å²) >= 11 is 20.7. The van der Waals surface area contributed by atoms with Gasteiger partial charge in [0.1, 0.15) is 17.1 Å². The van der Waals surface area contributed by atoms with Gasteiger partial charge in [-0.05, 0) is 24.3 Å². The molecule has 2 aromatic carbocycles. The zero-order valence-electron chi connectivity index (χ0n) is 15.0. The number of esters is 1. The first-order chi connectivity index (χ1) is 14.4. The number of sulfonamides is 1. The molecule has 2 N–H and O–H groups in total. The van der Waals surface area contributed by atoms with Crippen LogP contribution in [0.15, 0.2) is 39.7 Å². The Balaban J connectivity index is 1.95. The molecule has 0 spiro atoms. The summed E-state index contributed by atoms with van der Waals surface area (Å²) in [6, 6.07) is 6.13. The Bertz CT molecular complexity index is 1140. The predicted molar refractivity (Wildman–Crippen MR) is 117 cm³/mol. The fourth-order valence-electron chi connectivity index (χ4n) is 2.16. The summed E-state index contributed by atoms with van der Waals surface area (Å²) in [5.41, 5.74) is -0.612. The summed E-state index contributed by atoms with van der Waals surface area (Å²) in [5, 5.41) is 12.9. The third-order valence-electron chi connectivity index (χ3n) is 3.43. The molecule has 0 bridgehead atoms. The number of rotatable bonds is 8. The maximum atomic E-state index is 12.3. The van der Waals surface area contributed by atoms with Crippen molar-refractivity contribution in [2.24, 2.45) is 0 Å². The number of halogens is 4. The van der Waals surface area contributed by atoms with Crippen LogP contribution in [0.25, 0.3) is 0 Å². The van der Waals surface area contributed by atoms with Crippen LogP contribution in [0.1, 0.15) is 0 Å². The Kier molecular flexibility index (Phi) is 8.63. The first-order valence-corrected chi connectivity index (χ1v) is 11.4. The third kappa shape index (κ3) is 7.02. The van der Waals surface area contributed by atoms with E-state index in [9.17, 15) is 28.1 Å². The van der Waals surface area contributed by atoms with Crippen LogP contribution in [0, 0.1) is 10.1 Å². The number of nitro benzene ring substituents is 1. The number of ether oxygens (including phenoxy) is 1. The van der Waals surface area contributed by atoms with Crippen LogP contribution in [0.4, 0.5) is 11.4 Å². The molecule has 166 valence electrons. The molecule has 0 radical (unpaired) electrons. The lowest BCUT2D eigenvalue weighted by molar-refractivity contribution is -0.383. The quantitative estimate of drug-likeness (QED) is 0.277. The molecule has 0 aromatic heterocycles. The van der Waals surface area contributed by atoms with E-state index in [0.29, 0.717) is 4.47 Å². The van der Waals surface area contributed by atoms with Crippen LogP contribution in [-0.2, 0) is 24.3 Å². The Morgan fingerprint density at radius 2 is 1.74 bits per heavy atom. The lowest BCUT2D eigenvalue weighted by atomic mass is 10.2. The molecule has 31 heavy (non-hydrogen) atoms. The number of anilines is 1. The fraction of sp³-hybridized carbons (Fsp3) is 0.125. The van der Waals surface area contributed by atoms with E-state index in [1.807, 2.05) is 4.72 Å². The van der Waals surface area contributed by atoms with E-state index in [1.54, 1.807) is 0 Å². The standard InChI is InChI=1S/C16H11BrCl3N3O7S/c17-8-3-10(19)16(11(20)4-8)31(28,29)21-6-15(25)30-7-14(24)22-12-5-9(18)1-2-13(12)23(26)27/h1-5,21H,6-7H2,(H,22,24). The minimum atomic E-state index is -4.27. The molecule has 2 aromatic rings. The summed E-state index contributed by atoms with van der Waals surface area (Å²) in [4.78, 5) is 33.5. The Hall–Kier alpha value is -1.96. The van der Waals surface area contributed by atoms with Crippen LogP contribution in [0.5, 0.6) is 0 Å². The number of nitrogens with zero attached hydrogens (tertiary/aromatic N) is 1. The second-order valence-electron chi connectivity index (χ2n) is 5.65. The molecular weight excluding hydrogens is 565 g/mol. The van der Waals surface area contributed by atoms with E-state index >= 15 is 0 Å². The highest BCUT2D eigenvalue weighted by Gasteiger charge is 2.24. The first-order valence-electron chi connectivity index (χ1n) is 7.94. The van der Waals surface area contributed by atoms with Gasteiger partial charge in [0.2, 0.25) is 10.0 Å². The highest BCUT2D eigenvalue weighted by molar-refractivity contribution is 9.10. The topological polar surface area (TPSA) is 145 Å². The zero-order valence-corrected chi connectivity index (χ0v) is 19.7. The maximum absolute atomic E-state index is 12.3. The van der Waals surface area contributed by atoms with Gasteiger partial charge >= 0.3 is 5.97 Å². The van der Waals surface area contributed by atoms with Gasteiger partial charge in [0.05, 0.1) is 15.0 Å². The number of hydrogen-bond acceptors (Lipinski definition) is 7. The smallest absolute Gasteiger partial charge is 0.321 e. The van der Waals surface area contributed by atoms with Crippen molar-refractivity contribution in [3.05, 3.63) is 60.0 Å². The average molecular weight is 576 g/mol. The molecule has 0 aliphatic heterocycles. The molecule has 10 nitrogen and oxygen atoms in total. The second kappa shape index (κ2) is 10.6. The van der Waals surface area contributed by atoms with Crippen LogP contribution in [0.2, 0.25) is 15.1 Å². The molecule has 15 heteroatoms. The fourth-order valence-corrected chi connectivity index (χ4v) is 5.24. The van der Waals surface area contributed by atoms with E-state index in [-0.39, 0.29) is 20.8 Å². The summed E-state index contributed by atoms with van der Waals surface area (Å²) in [5.74, 6) is -2.00. The number of nitrogens with one attached hydrogen (secondary N) is 2. The van der Waals surface area contributed by atoms with Gasteiger partial charge in [-0.3, -0.25) is 19.7 Å². The molecule has 1 amide bonds. The highest BCUT2D eigenvalue weighted by atomic mass is 79.9. The molecule has 0 aliphatic rings. The lowest BCUT2D eigenvalue weighted by Gasteiger charge is -2.11. The minimum Gasteiger partial charge on any atom is -0.455 e. The van der Waals surface area contributed by atoms with Gasteiger partial charge in [-0.25, -0.2) is 8.42 Å². The number of carbonyl (C=O) groups excluding carboxylic acids is 2. The van der Waals surface area contributed by atoms with Gasteiger partial charge in [-0.15, -0.1) is 0 Å². The SMILES string of the molecule is O=C(COC(=O)CNS(=O)(=O)c1c(Cl)cc(Br)cc1Cl)Nc1cc(Cl)ccc1[N+](=O)[O-]. The van der Waals surface area contributed by atoms with Gasteiger partial charge in [-0.1, -0.05) is 50.7 Å². The van der Waals surface area contributed by atoms with E-state index in [1.165, 1.54) is 18.2 Å². The molecule has 0 saturated heterocycles. The van der Waals surface area contributed by atoms with Crippen LogP contribution in [0.3, 0.4) is 0 Å². The minimum absolute atomic E-state index is 0.137. The summed E-state index contributed by atoms with van der Waals surface area (Å²) in [6.07, 6.45) is 0. The Morgan fingerprint density at radius 1 is 1.13 bits per heavy atom. The van der Waals surface area contributed by atoms with E-state index in [4.69, 9.17) is 34.8 Å².